The summed E-state index contributed by atoms with van der Waals surface area (Å²) < 4.78 is 10.7. The first kappa shape index (κ1) is 14.4. The number of amides is 1. The normalized spacial score (nSPS) is 18.9. The maximum atomic E-state index is 11.3. The largest absolute Gasteiger partial charge is 0.379 e. The van der Waals surface area contributed by atoms with E-state index in [2.05, 4.69) is 6.92 Å². The second-order valence-corrected chi connectivity index (χ2v) is 4.70. The van der Waals surface area contributed by atoms with Crippen molar-refractivity contribution in [1.82, 2.24) is 0 Å². The fourth-order valence-electron chi connectivity index (χ4n) is 1.70. The molecule has 0 bridgehead atoms. The van der Waals surface area contributed by atoms with Crippen LogP contribution >= 0.6 is 0 Å². The molecule has 0 radical (unpaired) electrons. The van der Waals surface area contributed by atoms with Gasteiger partial charge in [0.1, 0.15) is 5.54 Å². The molecule has 1 unspecified atom stereocenters. The Bertz CT molecular complexity index is 244. The van der Waals surface area contributed by atoms with Crippen LogP contribution in [0.25, 0.3) is 0 Å². The van der Waals surface area contributed by atoms with Gasteiger partial charge >= 0.3 is 0 Å². The first-order valence-corrected chi connectivity index (χ1v) is 6.35. The molecular weight excluding hydrogens is 220 g/mol. The summed E-state index contributed by atoms with van der Waals surface area (Å²) in [4.78, 5) is 11.3. The van der Waals surface area contributed by atoms with Gasteiger partial charge in [0, 0.05) is 6.61 Å². The standard InChI is InChI=1S/C12H24N2O3/c1-2-3-6-16-7-8-17-9-12(14,11(13)15)10-4-5-10/h10H,2-9,14H2,1H3,(H2,13,15). The monoisotopic (exact) mass is 244 g/mol. The van der Waals surface area contributed by atoms with Crippen molar-refractivity contribution >= 4 is 5.91 Å². The third-order valence-electron chi connectivity index (χ3n) is 3.12. The second-order valence-electron chi connectivity index (χ2n) is 4.70. The summed E-state index contributed by atoms with van der Waals surface area (Å²) in [5.74, 6) is -0.270. The van der Waals surface area contributed by atoms with E-state index < -0.39 is 11.4 Å². The van der Waals surface area contributed by atoms with E-state index in [0.29, 0.717) is 13.2 Å². The van der Waals surface area contributed by atoms with Crippen molar-refractivity contribution in [3.63, 3.8) is 0 Å². The summed E-state index contributed by atoms with van der Waals surface area (Å²) in [7, 11) is 0. The zero-order valence-corrected chi connectivity index (χ0v) is 10.6. The van der Waals surface area contributed by atoms with Crippen LogP contribution in [-0.4, -0.2) is 37.9 Å². The van der Waals surface area contributed by atoms with Crippen molar-refractivity contribution < 1.29 is 14.3 Å². The van der Waals surface area contributed by atoms with E-state index >= 15 is 0 Å². The first-order valence-electron chi connectivity index (χ1n) is 6.35. The lowest BCUT2D eigenvalue weighted by atomic mass is 9.95. The minimum absolute atomic E-state index is 0.195. The summed E-state index contributed by atoms with van der Waals surface area (Å²) in [5, 5.41) is 0. The molecule has 5 heteroatoms. The predicted molar refractivity (Wildman–Crippen MR) is 65.4 cm³/mol. The molecule has 1 saturated carbocycles. The molecule has 0 heterocycles. The maximum absolute atomic E-state index is 11.3. The van der Waals surface area contributed by atoms with Gasteiger partial charge in [-0.25, -0.2) is 0 Å². The molecule has 0 spiro atoms. The molecule has 5 nitrogen and oxygen atoms in total. The van der Waals surface area contributed by atoms with E-state index in [1.807, 2.05) is 0 Å². The Labute approximate surface area is 103 Å². The van der Waals surface area contributed by atoms with Crippen molar-refractivity contribution in [2.24, 2.45) is 17.4 Å². The number of carbonyl (C=O) groups is 1. The molecule has 1 aliphatic carbocycles. The van der Waals surface area contributed by atoms with Crippen molar-refractivity contribution in [2.75, 3.05) is 26.4 Å². The van der Waals surface area contributed by atoms with Crippen LogP contribution in [0, 0.1) is 5.92 Å². The summed E-state index contributed by atoms with van der Waals surface area (Å²) in [5.41, 5.74) is 10.3. The van der Waals surface area contributed by atoms with Gasteiger partial charge < -0.3 is 20.9 Å². The number of hydrogen-bond acceptors (Lipinski definition) is 4. The number of hydrogen-bond donors (Lipinski definition) is 2. The van der Waals surface area contributed by atoms with Crippen LogP contribution in [0.15, 0.2) is 0 Å². The molecule has 0 aliphatic heterocycles. The third kappa shape index (κ3) is 4.61. The molecule has 17 heavy (non-hydrogen) atoms. The maximum Gasteiger partial charge on any atom is 0.240 e. The van der Waals surface area contributed by atoms with Gasteiger partial charge in [-0.15, -0.1) is 0 Å². The molecule has 1 aliphatic rings. The molecule has 1 amide bonds. The lowest BCUT2D eigenvalue weighted by Crippen LogP contribution is -2.57. The van der Waals surface area contributed by atoms with Crippen LogP contribution in [0.2, 0.25) is 0 Å². The van der Waals surface area contributed by atoms with Crippen molar-refractivity contribution in [3.8, 4) is 0 Å². The Hall–Kier alpha value is -0.650. The Morgan fingerprint density at radius 3 is 2.47 bits per heavy atom. The van der Waals surface area contributed by atoms with E-state index in [1.54, 1.807) is 0 Å². The Balaban J connectivity index is 2.09. The van der Waals surface area contributed by atoms with Crippen LogP contribution in [0.3, 0.4) is 0 Å². The van der Waals surface area contributed by atoms with E-state index in [0.717, 1.165) is 32.3 Å². The van der Waals surface area contributed by atoms with Gasteiger partial charge in [0.2, 0.25) is 5.91 Å². The van der Waals surface area contributed by atoms with Gasteiger partial charge in [-0.1, -0.05) is 13.3 Å². The molecule has 0 aromatic rings. The summed E-state index contributed by atoms with van der Waals surface area (Å²) in [6, 6.07) is 0. The molecule has 1 atom stereocenters. The average molecular weight is 244 g/mol. The van der Waals surface area contributed by atoms with Crippen LogP contribution in [0.4, 0.5) is 0 Å². The minimum atomic E-state index is -0.983. The van der Waals surface area contributed by atoms with Crippen LogP contribution in [0.5, 0.6) is 0 Å². The van der Waals surface area contributed by atoms with Gasteiger partial charge in [-0.05, 0) is 25.2 Å². The van der Waals surface area contributed by atoms with Gasteiger partial charge in [0.05, 0.1) is 19.8 Å². The van der Waals surface area contributed by atoms with E-state index in [9.17, 15) is 4.79 Å². The molecule has 0 saturated heterocycles. The highest BCUT2D eigenvalue weighted by Crippen LogP contribution is 2.38. The quantitative estimate of drug-likeness (QED) is 0.545. The van der Waals surface area contributed by atoms with E-state index in [-0.39, 0.29) is 12.5 Å². The molecular formula is C12H24N2O3. The van der Waals surface area contributed by atoms with E-state index in [4.69, 9.17) is 20.9 Å². The first-order chi connectivity index (χ1) is 8.11. The predicted octanol–water partition coefficient (Wildman–Crippen LogP) is 0.413. The van der Waals surface area contributed by atoms with Gasteiger partial charge in [-0.3, -0.25) is 4.79 Å². The molecule has 0 aromatic carbocycles. The number of carbonyl (C=O) groups excluding carboxylic acids is 1. The van der Waals surface area contributed by atoms with Crippen molar-refractivity contribution in [1.29, 1.82) is 0 Å². The average Bonchev–Trinajstić information content (AvgIpc) is 3.11. The van der Waals surface area contributed by atoms with E-state index in [1.165, 1.54) is 0 Å². The number of ether oxygens (including phenoxy) is 2. The van der Waals surface area contributed by atoms with Crippen molar-refractivity contribution in [2.45, 2.75) is 38.1 Å². The van der Waals surface area contributed by atoms with Crippen LogP contribution in [0.1, 0.15) is 32.6 Å². The number of nitrogens with two attached hydrogens (primary N) is 2. The smallest absolute Gasteiger partial charge is 0.240 e. The summed E-state index contributed by atoms with van der Waals surface area (Å²) in [6.45, 7) is 4.07. The summed E-state index contributed by atoms with van der Waals surface area (Å²) >= 11 is 0. The molecule has 100 valence electrons. The lowest BCUT2D eigenvalue weighted by molar-refractivity contribution is -0.126. The van der Waals surface area contributed by atoms with Crippen molar-refractivity contribution in [3.05, 3.63) is 0 Å². The minimum Gasteiger partial charge on any atom is -0.379 e. The number of primary amides is 1. The SMILES string of the molecule is CCCCOCCOCC(N)(C(N)=O)C1CC1. The number of unbranched alkanes of at least 4 members (excludes halogenated alkanes) is 1. The Morgan fingerprint density at radius 1 is 1.29 bits per heavy atom. The van der Waals surface area contributed by atoms with Crippen LogP contribution < -0.4 is 11.5 Å². The van der Waals surface area contributed by atoms with Gasteiger partial charge in [-0.2, -0.15) is 0 Å². The Morgan fingerprint density at radius 2 is 1.94 bits per heavy atom. The topological polar surface area (TPSA) is 87.6 Å². The van der Waals surface area contributed by atoms with Gasteiger partial charge in [0.25, 0.3) is 0 Å². The zero-order chi connectivity index (χ0) is 12.7. The zero-order valence-electron chi connectivity index (χ0n) is 10.6. The molecule has 1 rings (SSSR count). The highest BCUT2D eigenvalue weighted by molar-refractivity contribution is 5.85. The fourth-order valence-corrected chi connectivity index (χ4v) is 1.70. The van der Waals surface area contributed by atoms with Gasteiger partial charge in [0.15, 0.2) is 0 Å². The molecule has 1 fully saturated rings. The second kappa shape index (κ2) is 6.93. The molecule has 0 aromatic heterocycles. The fraction of sp³-hybridized carbons (Fsp3) is 0.917. The Kier molecular flexibility index (Phi) is 5.88. The lowest BCUT2D eigenvalue weighted by Gasteiger charge is -2.25. The molecule has 4 N–H and O–H groups in total. The summed E-state index contributed by atoms with van der Waals surface area (Å²) in [6.07, 6.45) is 4.12. The highest BCUT2D eigenvalue weighted by Gasteiger charge is 2.47. The third-order valence-corrected chi connectivity index (χ3v) is 3.12. The highest BCUT2D eigenvalue weighted by atomic mass is 16.5. The number of rotatable bonds is 10. The van der Waals surface area contributed by atoms with Crippen LogP contribution in [-0.2, 0) is 14.3 Å².